The minimum absolute atomic E-state index is 0.0557. The van der Waals surface area contributed by atoms with Gasteiger partial charge < -0.3 is 29.6 Å². The average molecular weight is 2230 g/mol. The minimum atomic E-state index is -5.08. The Morgan fingerprint density at radius 3 is 1.35 bits per heavy atom. The van der Waals surface area contributed by atoms with Gasteiger partial charge in [0, 0.05) is 75.7 Å². The number of H-pyrrole nitrogens is 2. The van der Waals surface area contributed by atoms with Gasteiger partial charge in [0.1, 0.15) is 84.7 Å². The second-order valence-corrected chi connectivity index (χ2v) is 47.6. The summed E-state index contributed by atoms with van der Waals surface area (Å²) < 4.78 is 159. The van der Waals surface area contributed by atoms with Gasteiger partial charge in [-0.05, 0) is 234 Å². The Morgan fingerprint density at radius 1 is 0.453 bits per heavy atom. The number of nitrogens with one attached hydrogen (secondary N) is 2. The molecule has 9 aromatic heterocycles. The summed E-state index contributed by atoms with van der Waals surface area (Å²) in [4.78, 5) is 92.0. The number of pyridine rings is 6. The first kappa shape index (κ1) is 113. The fraction of sp³-hybridized carbons (Fsp3) is 0.206. The number of benzene rings is 9. The molecule has 5 N–H and O–H groups in total. The first-order valence-corrected chi connectivity index (χ1v) is 55.0. The van der Waals surface area contributed by atoms with Gasteiger partial charge in [-0.2, -0.15) is 33.8 Å². The van der Waals surface area contributed by atoms with Crippen LogP contribution in [0.1, 0.15) is 148 Å². The van der Waals surface area contributed by atoms with E-state index in [-0.39, 0.29) is 117 Å². The number of oxime groups is 1. The zero-order chi connectivity index (χ0) is 108. The molecule has 0 unspecified atom stereocenters. The molecule has 2 aliphatic carbocycles. The first-order valence-electron chi connectivity index (χ1n) is 46.4. The molecule has 28 nitrogen and oxygen atoms in total. The van der Waals surface area contributed by atoms with Crippen molar-refractivity contribution in [3.05, 3.63) is 344 Å². The Morgan fingerprint density at radius 2 is 0.867 bits per heavy atom. The number of Topliss-reactive ketones (excluding diaryl/α,β-unsaturated/α-hetero) is 2. The third-order valence-corrected chi connectivity index (χ3v) is 38.9. The number of esters is 2. The molecule has 0 fully saturated rings. The van der Waals surface area contributed by atoms with Crippen LogP contribution in [-0.2, 0) is 33.7 Å². The van der Waals surface area contributed by atoms with E-state index in [4.69, 9.17) is 74.2 Å². The number of aromatic nitrogens is 15. The number of alkyl halides is 3. The van der Waals surface area contributed by atoms with Crippen molar-refractivity contribution in [2.75, 3.05) is 20.3 Å². The molecule has 0 aliphatic heterocycles. The number of aliphatic carboxylic acids is 1. The van der Waals surface area contributed by atoms with E-state index in [0.29, 0.717) is 96.1 Å². The molecule has 0 spiro atoms. The van der Waals surface area contributed by atoms with Gasteiger partial charge in [0.05, 0.1) is 44.0 Å². The van der Waals surface area contributed by atoms with Crippen LogP contribution in [0.15, 0.2) is 242 Å². The number of ketones is 2. The number of methoxy groups -OCH3 is 1. The predicted molar refractivity (Wildman–Crippen MR) is 547 cm³/mol. The molecule has 774 valence electrons. The fourth-order valence-corrected chi connectivity index (χ4v) is 31.9. The van der Waals surface area contributed by atoms with Crippen molar-refractivity contribution in [2.24, 2.45) is 5.16 Å². The Kier molecular flexibility index (Phi) is 40.1. The van der Waals surface area contributed by atoms with Crippen LogP contribution in [0.2, 0.25) is 28.8 Å². The summed E-state index contributed by atoms with van der Waals surface area (Å²) in [7, 11) is 1.60. The van der Waals surface area contributed by atoms with Gasteiger partial charge in [-0.15, -0.1) is 15.3 Å². The van der Waals surface area contributed by atoms with Crippen molar-refractivity contribution in [3.8, 4) is 39.9 Å². The van der Waals surface area contributed by atoms with Gasteiger partial charge in [0.2, 0.25) is 5.78 Å². The molecule has 9 heterocycles. The molecule has 0 radical (unpaired) electrons. The van der Waals surface area contributed by atoms with E-state index in [9.17, 15) is 72.3 Å². The van der Waals surface area contributed by atoms with E-state index >= 15 is 0 Å². The summed E-state index contributed by atoms with van der Waals surface area (Å²) in [5, 5.41) is 65.6. The fourth-order valence-electron chi connectivity index (χ4n) is 15.7. The number of aromatic carboxylic acids is 1. The SMILES string of the molecule is CCC[CH2][Sn]([CH2]CCC)([CH2]CCC)[c]1cc2cc(F)ccc2cn1.CCOC(=O)c1n[nH]nc1-c1cc2cc(F)ccc2cn1.CCOC(=O)c1nnn(Cc2ccc(OC)cc2)c1-c1cc2cc(F)ccc2cn1.Fc1ccc2c(Cl)nc(Cl)cc2c1.Fc1ccc2cnc(Cl)cc2c1.O=C(O)C(F)(F)F.O=C(O)c1n[nH]nc1-c1cc2cc(F)ccc2cn1.O=C1/C(=N/O)Cc2cc(F)ccc21.O=C1CCc2cc(F)ccc21. The van der Waals surface area contributed by atoms with Gasteiger partial charge in [0.25, 0.3) is 0 Å². The number of carbonyl (C=O) groups is 6. The van der Waals surface area contributed by atoms with Crippen molar-refractivity contribution in [3.63, 3.8) is 0 Å². The van der Waals surface area contributed by atoms with Crippen LogP contribution in [0.25, 0.3) is 98.8 Å². The summed E-state index contributed by atoms with van der Waals surface area (Å²) >= 11 is 14.6. The van der Waals surface area contributed by atoms with E-state index in [2.05, 4.69) is 98.0 Å². The summed E-state index contributed by atoms with van der Waals surface area (Å²) in [6, 6.07) is 53.1. The molecule has 150 heavy (non-hydrogen) atoms. The summed E-state index contributed by atoms with van der Waals surface area (Å²) in [6.07, 6.45) is 12.5. The van der Waals surface area contributed by atoms with Crippen molar-refractivity contribution in [1.82, 2.24) is 75.7 Å². The monoisotopic (exact) mass is 2230 g/mol. The van der Waals surface area contributed by atoms with E-state index in [1.54, 1.807) is 117 Å². The van der Waals surface area contributed by atoms with Gasteiger partial charge in [-0.3, -0.25) is 24.5 Å². The third kappa shape index (κ3) is 30.3. The maximum Gasteiger partial charge on any atom is 0.490 e. The Balaban J connectivity index is 0.000000153. The van der Waals surface area contributed by atoms with Crippen LogP contribution >= 0.6 is 34.8 Å². The van der Waals surface area contributed by atoms with Crippen LogP contribution in [0.4, 0.5) is 48.3 Å². The number of carbonyl (C=O) groups excluding carboxylic acids is 4. The largest absolute Gasteiger partial charge is 0.497 e. The number of hydrogen-bond acceptors (Lipinski definition) is 23. The van der Waals surface area contributed by atoms with Gasteiger partial charge in [-0.25, -0.2) is 64.6 Å². The number of nitrogens with zero attached hydrogens (tertiary/aromatic N) is 14. The van der Waals surface area contributed by atoms with Gasteiger partial charge in [-0.1, -0.05) is 57.3 Å². The van der Waals surface area contributed by atoms with Crippen molar-refractivity contribution >= 4 is 163 Å². The van der Waals surface area contributed by atoms with Gasteiger partial charge >= 0.3 is 181 Å². The summed E-state index contributed by atoms with van der Waals surface area (Å²) in [5.41, 5.74) is 5.48. The predicted octanol–water partition coefficient (Wildman–Crippen LogP) is 25.2. The van der Waals surface area contributed by atoms with Gasteiger partial charge in [0.15, 0.2) is 22.9 Å². The number of fused-ring (bicyclic) bond motifs is 8. The standard InChI is InChI=1S/C22H19FN4O3.C14H11FN4O2.C12H7FN4O2.C9H4Cl2FN.C9H5ClFN.C9H6FNO2.C9H5FN.C9H7FO.3C4H9.C2HF3O2.Sn/c1-3-30-22(28)20-21(19-11-16-10-17(23)7-6-15(16)12-24-19)27(26-25-20)13-14-4-8-18(29-2)9-5-14;1-2-21-14(20)13-12(17-19-18-13)11-6-9-5-10(15)4-3-8(9)7-16-11;13-8-2-1-6-5-14-9(4-7(6)3-8)10-11(12(18)19)16-17-15-10;10-8-4-5-3-6(12)1-2-7(5)9(11)13-8;10-9-4-7-3-8(11)2-1-6(7)5-12-9;10-6-1-2-7-5(3-6)4-8(11-13)9(7)12;10-9-2-1-8-6-11-4-3-7(8)5-9;10-7-2-3-8-6(5-7)1-4-9(8)11;3*1-3-4-2;3-2(4,5)1(6)7;/h4-12H,3,13H2,1-2H3;3-7H,2H2,1H3,(H,17,18,19);1-5H,(H,18,19)(H,15,16,17);1-4H;1-5H;1-3,13H,4H2;1-3,5-6H;2-3,5H,1,4H2;3*1,3-4H2,2H3;(H,6,7);/b;;;;;11-8+;;;;;;;. The van der Waals surface area contributed by atoms with Crippen LogP contribution < -0.4 is 8.45 Å². The Hall–Kier alpha value is -15.8. The van der Waals surface area contributed by atoms with E-state index < -0.39 is 48.4 Å². The van der Waals surface area contributed by atoms with Crippen LogP contribution in [0.5, 0.6) is 5.75 Å². The molecule has 18 aromatic rings. The number of aromatic amines is 2. The number of halogens is 14. The number of ether oxygens (including phenoxy) is 3. The molecule has 0 atom stereocenters. The first-order chi connectivity index (χ1) is 71.9. The summed E-state index contributed by atoms with van der Waals surface area (Å²) in [5.74, 6) is -6.99. The topological polar surface area (TPSA) is 394 Å². The second kappa shape index (κ2) is 53.2. The molecular weight excluding hydrogens is 2140 g/mol. The van der Waals surface area contributed by atoms with E-state index in [1.807, 2.05) is 36.5 Å². The number of unbranched alkanes of at least 4 members (excludes halogenated alkanes) is 3. The van der Waals surface area contributed by atoms with Crippen molar-refractivity contribution in [2.45, 2.75) is 118 Å². The smallest absolute Gasteiger partial charge is 0.490 e. The molecule has 20 rings (SSSR count). The molecule has 0 amide bonds. The molecule has 2 aliphatic rings. The number of aryl methyl sites for hydroxylation is 1. The molecule has 0 bridgehead atoms. The van der Waals surface area contributed by atoms with Crippen molar-refractivity contribution < 1.29 is 107 Å². The zero-order valence-corrected chi connectivity index (χ0v) is 85.8. The minimum Gasteiger partial charge on any atom is -0.497 e. The summed E-state index contributed by atoms with van der Waals surface area (Å²) in [6.45, 7) is 11.1. The second-order valence-electron chi connectivity index (χ2n) is 33.4. The number of carboxylic acid groups (broad SMARTS) is 2. The van der Waals surface area contributed by atoms with Crippen LogP contribution in [0.3, 0.4) is 0 Å². The van der Waals surface area contributed by atoms with Crippen LogP contribution in [-0.4, -0.2) is 177 Å². The molecule has 9 aromatic carbocycles. The van der Waals surface area contributed by atoms with E-state index in [0.717, 1.165) is 54.6 Å². The molecule has 0 saturated carbocycles. The Bertz CT molecular complexity index is 7890. The molecular formula is C107H92Cl3F11N16O12Sn. The van der Waals surface area contributed by atoms with Crippen molar-refractivity contribution in [1.29, 1.82) is 0 Å². The average Bonchev–Trinajstić information content (AvgIpc) is 1.65. The maximum atomic E-state index is 13.7. The van der Waals surface area contributed by atoms with Crippen LogP contribution in [0, 0.1) is 46.5 Å². The van der Waals surface area contributed by atoms with E-state index in [1.165, 1.54) is 159 Å². The maximum absolute atomic E-state index is 13.7. The number of hydrogen-bond donors (Lipinski definition) is 5. The quantitative estimate of drug-likeness (QED) is 0.0111. The molecule has 0 saturated heterocycles. The third-order valence-electron chi connectivity index (χ3n) is 23.1. The zero-order valence-electron chi connectivity index (χ0n) is 80.7. The Labute approximate surface area is 867 Å². The number of rotatable bonds is 21. The number of carboxylic acids is 2. The normalized spacial score (nSPS) is 11.9. The molecule has 43 heteroatoms.